The van der Waals surface area contributed by atoms with Gasteiger partial charge in [0.1, 0.15) is 5.69 Å². The van der Waals surface area contributed by atoms with Crippen molar-refractivity contribution in [3.8, 4) is 11.3 Å². The van der Waals surface area contributed by atoms with Crippen LogP contribution >= 0.6 is 11.6 Å². The number of carbonyl (C=O) groups excluding carboxylic acids is 1. The molecule has 0 saturated heterocycles. The topological polar surface area (TPSA) is 84.7 Å². The molecule has 0 spiro atoms. The molecule has 0 fully saturated rings. The maximum Gasteiger partial charge on any atom is 0.271 e. The van der Waals surface area contributed by atoms with Crippen LogP contribution in [0.1, 0.15) is 10.5 Å². The molecule has 1 heterocycles. The lowest BCUT2D eigenvalue weighted by Crippen LogP contribution is -2.13. The van der Waals surface area contributed by atoms with E-state index in [0.717, 1.165) is 6.07 Å². The number of benzene rings is 1. The number of nitrogens with one attached hydrogen (secondary N) is 1. The van der Waals surface area contributed by atoms with Gasteiger partial charge in [0, 0.05) is 5.56 Å². The Labute approximate surface area is 98.6 Å². The van der Waals surface area contributed by atoms with Crippen LogP contribution in [0.25, 0.3) is 11.3 Å². The number of hydrogen-bond donors (Lipinski definition) is 2. The fraction of sp³-hybridized carbons (Fsp3) is 0. The predicted octanol–water partition coefficient (Wildman–Crippen LogP) is 1.50. The molecule has 2 aromatic rings. The molecule has 5 nitrogen and oxygen atoms in total. The lowest BCUT2D eigenvalue weighted by atomic mass is 10.1. The van der Waals surface area contributed by atoms with Crippen molar-refractivity contribution in [1.82, 2.24) is 15.4 Å². The average molecular weight is 259 g/mol. The number of carbonyl (C=O) groups is 1. The van der Waals surface area contributed by atoms with E-state index in [1.54, 1.807) is 0 Å². The van der Waals surface area contributed by atoms with Crippen molar-refractivity contribution < 1.29 is 13.6 Å². The Morgan fingerprint density at radius 3 is 2.65 bits per heavy atom. The van der Waals surface area contributed by atoms with Gasteiger partial charge in [0.05, 0.1) is 5.02 Å². The SMILES string of the molecule is NC(=O)c1n[nH]nc1-c1ccc(Cl)c(F)c1F. The molecule has 0 saturated carbocycles. The summed E-state index contributed by atoms with van der Waals surface area (Å²) < 4.78 is 26.8. The number of aromatic nitrogens is 3. The summed E-state index contributed by atoms with van der Waals surface area (Å²) in [6.07, 6.45) is 0. The number of primary amides is 1. The monoisotopic (exact) mass is 258 g/mol. The van der Waals surface area contributed by atoms with Crippen LogP contribution in [0.5, 0.6) is 0 Å². The first-order valence-electron chi connectivity index (χ1n) is 4.36. The number of hydrogen-bond acceptors (Lipinski definition) is 3. The Hall–Kier alpha value is -2.02. The first-order valence-corrected chi connectivity index (χ1v) is 4.74. The van der Waals surface area contributed by atoms with E-state index in [-0.39, 0.29) is 22.0 Å². The lowest BCUT2D eigenvalue weighted by Gasteiger charge is -2.02. The van der Waals surface area contributed by atoms with Crippen LogP contribution in [0.3, 0.4) is 0 Å². The second kappa shape index (κ2) is 4.10. The van der Waals surface area contributed by atoms with E-state index in [4.69, 9.17) is 17.3 Å². The molecule has 3 N–H and O–H groups in total. The van der Waals surface area contributed by atoms with Crippen molar-refractivity contribution in [3.63, 3.8) is 0 Å². The molecule has 0 aliphatic carbocycles. The van der Waals surface area contributed by atoms with Gasteiger partial charge in [0.15, 0.2) is 17.3 Å². The third-order valence-electron chi connectivity index (χ3n) is 2.07. The maximum atomic E-state index is 13.6. The zero-order chi connectivity index (χ0) is 12.6. The lowest BCUT2D eigenvalue weighted by molar-refractivity contribution is 0.0996. The largest absolute Gasteiger partial charge is 0.364 e. The molecular formula is C9H5ClF2N4O. The van der Waals surface area contributed by atoms with E-state index in [0.29, 0.717) is 0 Å². The van der Waals surface area contributed by atoms with Gasteiger partial charge < -0.3 is 5.73 Å². The summed E-state index contributed by atoms with van der Waals surface area (Å²) in [5.74, 6) is -3.33. The second-order valence-electron chi connectivity index (χ2n) is 3.11. The number of rotatable bonds is 2. The summed E-state index contributed by atoms with van der Waals surface area (Å²) >= 11 is 5.40. The number of nitrogens with zero attached hydrogens (tertiary/aromatic N) is 2. The highest BCUT2D eigenvalue weighted by atomic mass is 35.5. The minimum Gasteiger partial charge on any atom is -0.364 e. The summed E-state index contributed by atoms with van der Waals surface area (Å²) in [4.78, 5) is 11.0. The Morgan fingerprint density at radius 1 is 1.29 bits per heavy atom. The number of halogens is 3. The van der Waals surface area contributed by atoms with Gasteiger partial charge in [-0.05, 0) is 12.1 Å². The molecule has 0 unspecified atom stereocenters. The molecule has 88 valence electrons. The summed E-state index contributed by atoms with van der Waals surface area (Å²) in [6.45, 7) is 0. The van der Waals surface area contributed by atoms with E-state index >= 15 is 0 Å². The van der Waals surface area contributed by atoms with E-state index in [9.17, 15) is 13.6 Å². The standard InChI is InChI=1S/C9H5ClF2N4O/c10-4-2-1-3(5(11)6(4)12)7-8(9(13)17)15-16-14-7/h1-2H,(H2,13,17)(H,14,15,16). The van der Waals surface area contributed by atoms with Gasteiger partial charge in [0.2, 0.25) is 0 Å². The molecule has 1 aromatic carbocycles. The van der Waals surface area contributed by atoms with E-state index in [1.807, 2.05) is 0 Å². The molecule has 0 atom stereocenters. The van der Waals surface area contributed by atoms with Crippen LogP contribution in [0, 0.1) is 11.6 Å². The Kier molecular flexibility index (Phi) is 2.76. The van der Waals surface area contributed by atoms with Gasteiger partial charge in [-0.1, -0.05) is 11.6 Å². The van der Waals surface area contributed by atoms with Gasteiger partial charge in [-0.2, -0.15) is 15.4 Å². The van der Waals surface area contributed by atoms with E-state index in [2.05, 4.69) is 15.4 Å². The highest BCUT2D eigenvalue weighted by Gasteiger charge is 2.21. The molecule has 0 aliphatic rings. The fourth-order valence-electron chi connectivity index (χ4n) is 1.30. The highest BCUT2D eigenvalue weighted by molar-refractivity contribution is 6.30. The van der Waals surface area contributed by atoms with Gasteiger partial charge in [-0.25, -0.2) is 8.78 Å². The first kappa shape index (κ1) is 11.5. The minimum atomic E-state index is -1.22. The van der Waals surface area contributed by atoms with Gasteiger partial charge in [0.25, 0.3) is 5.91 Å². The number of nitrogens with two attached hydrogens (primary N) is 1. The van der Waals surface area contributed by atoms with Crippen molar-refractivity contribution >= 4 is 17.5 Å². The van der Waals surface area contributed by atoms with Crippen LogP contribution in [0.15, 0.2) is 12.1 Å². The van der Waals surface area contributed by atoms with Crippen LogP contribution < -0.4 is 5.73 Å². The minimum absolute atomic E-state index is 0.162. The number of aromatic amines is 1. The molecule has 0 radical (unpaired) electrons. The van der Waals surface area contributed by atoms with Gasteiger partial charge in [-0.3, -0.25) is 4.79 Å². The van der Waals surface area contributed by atoms with Crippen LogP contribution in [0.4, 0.5) is 8.78 Å². The molecule has 1 amide bonds. The third kappa shape index (κ3) is 1.84. The quantitative estimate of drug-likeness (QED) is 0.801. The zero-order valence-corrected chi connectivity index (χ0v) is 8.92. The van der Waals surface area contributed by atoms with Crippen LogP contribution in [-0.4, -0.2) is 21.3 Å². The van der Waals surface area contributed by atoms with Crippen LogP contribution in [0.2, 0.25) is 5.02 Å². The van der Waals surface area contributed by atoms with Crippen molar-refractivity contribution in [2.24, 2.45) is 5.73 Å². The molecular weight excluding hydrogens is 254 g/mol. The van der Waals surface area contributed by atoms with E-state index < -0.39 is 17.5 Å². The van der Waals surface area contributed by atoms with Gasteiger partial charge in [-0.15, -0.1) is 0 Å². The van der Waals surface area contributed by atoms with Crippen molar-refractivity contribution in [2.75, 3.05) is 0 Å². The third-order valence-corrected chi connectivity index (χ3v) is 2.36. The zero-order valence-electron chi connectivity index (χ0n) is 8.17. The number of H-pyrrole nitrogens is 1. The molecule has 17 heavy (non-hydrogen) atoms. The Morgan fingerprint density at radius 2 is 2.00 bits per heavy atom. The predicted molar refractivity (Wildman–Crippen MR) is 55.3 cm³/mol. The molecule has 0 bridgehead atoms. The molecule has 8 heteroatoms. The second-order valence-corrected chi connectivity index (χ2v) is 3.52. The van der Waals surface area contributed by atoms with Crippen molar-refractivity contribution in [3.05, 3.63) is 34.5 Å². The first-order chi connectivity index (χ1) is 8.02. The normalized spacial score (nSPS) is 10.5. The summed E-state index contributed by atoms with van der Waals surface area (Å²) in [7, 11) is 0. The highest BCUT2D eigenvalue weighted by Crippen LogP contribution is 2.28. The van der Waals surface area contributed by atoms with Crippen molar-refractivity contribution in [1.29, 1.82) is 0 Å². The molecule has 1 aromatic heterocycles. The van der Waals surface area contributed by atoms with Gasteiger partial charge >= 0.3 is 0 Å². The van der Waals surface area contributed by atoms with Crippen LogP contribution in [-0.2, 0) is 0 Å². The Bertz CT molecular complexity index is 599. The molecule has 2 rings (SSSR count). The fourth-order valence-corrected chi connectivity index (χ4v) is 1.45. The summed E-state index contributed by atoms with van der Waals surface area (Å²) in [6, 6.07) is 2.33. The summed E-state index contributed by atoms with van der Waals surface area (Å²) in [5.41, 5.74) is 4.34. The van der Waals surface area contributed by atoms with Crippen molar-refractivity contribution in [2.45, 2.75) is 0 Å². The maximum absolute atomic E-state index is 13.6. The van der Waals surface area contributed by atoms with E-state index in [1.165, 1.54) is 6.07 Å². The average Bonchev–Trinajstić information content (AvgIpc) is 2.75. The Balaban J connectivity index is 2.65. The summed E-state index contributed by atoms with van der Waals surface area (Å²) in [5, 5.41) is 8.76. The molecule has 0 aliphatic heterocycles. The smallest absolute Gasteiger partial charge is 0.271 e. The number of amides is 1.